The van der Waals surface area contributed by atoms with Gasteiger partial charge in [0.2, 0.25) is 0 Å². The van der Waals surface area contributed by atoms with Crippen LogP contribution in [0.3, 0.4) is 0 Å². The highest BCUT2D eigenvalue weighted by Gasteiger charge is 1.96. The van der Waals surface area contributed by atoms with Crippen molar-refractivity contribution in [2.75, 3.05) is 0 Å². The molecule has 2 nitrogen and oxygen atoms in total. The molecule has 0 saturated heterocycles. The van der Waals surface area contributed by atoms with Gasteiger partial charge in [0.05, 0.1) is 18.5 Å². The van der Waals surface area contributed by atoms with E-state index in [0.717, 1.165) is 11.5 Å². The summed E-state index contributed by atoms with van der Waals surface area (Å²) in [7, 11) is 0. The maximum Gasteiger partial charge on any atom is 0.118 e. The van der Waals surface area contributed by atoms with Crippen molar-refractivity contribution in [2.24, 2.45) is 0 Å². The van der Waals surface area contributed by atoms with Crippen LogP contribution in [0, 0.1) is 24.7 Å². The summed E-state index contributed by atoms with van der Waals surface area (Å²) in [6.45, 7) is 0. The molecule has 1 N–H and O–H groups in total. The van der Waals surface area contributed by atoms with Gasteiger partial charge in [-0.15, -0.1) is 18.8 Å². The van der Waals surface area contributed by atoms with E-state index in [9.17, 15) is 0 Å². The van der Waals surface area contributed by atoms with Crippen LogP contribution in [0.25, 0.3) is 0 Å². The molecule has 0 bridgehead atoms. The Hall–Kier alpha value is -1.67. The maximum absolute atomic E-state index is 5.10. The van der Waals surface area contributed by atoms with Crippen molar-refractivity contribution in [3.63, 3.8) is 0 Å². The summed E-state index contributed by atoms with van der Waals surface area (Å²) in [4.78, 5) is 7.09. The van der Waals surface area contributed by atoms with Gasteiger partial charge in [-0.05, 0) is 0 Å². The highest BCUT2D eigenvalue weighted by Crippen LogP contribution is 1.97. The quantitative estimate of drug-likeness (QED) is 0.610. The predicted octanol–water partition coefficient (Wildman–Crippen LogP) is 0.761. The summed E-state index contributed by atoms with van der Waals surface area (Å²) in [5.41, 5.74) is 0.873. The van der Waals surface area contributed by atoms with Crippen LogP contribution < -0.4 is 0 Å². The Morgan fingerprint density at radius 1 is 1.36 bits per heavy atom. The Kier molecular flexibility index (Phi) is 2.36. The summed E-state index contributed by atoms with van der Waals surface area (Å²) in [5, 5.41) is 0. The lowest BCUT2D eigenvalue weighted by atomic mass is 10.3. The number of rotatable bonds is 2. The van der Waals surface area contributed by atoms with Gasteiger partial charge in [-0.2, -0.15) is 0 Å². The minimum absolute atomic E-state index is 0.532. The molecule has 1 rings (SSSR count). The molecule has 0 spiro atoms. The Labute approximate surface area is 66.0 Å². The molecule has 1 heterocycles. The molecule has 0 aliphatic carbocycles. The standard InChI is InChI=1S/C9H8N2/c1-3-5-8-7-10-9(11-8)6-4-2/h1-2,7H,5-6H2,(H,10,11). The molecular weight excluding hydrogens is 136 g/mol. The van der Waals surface area contributed by atoms with Gasteiger partial charge in [0.1, 0.15) is 5.82 Å². The average molecular weight is 144 g/mol. The number of terminal acetylenes is 2. The molecule has 1 aromatic heterocycles. The second kappa shape index (κ2) is 3.49. The molecule has 0 aliphatic heterocycles. The number of aromatic nitrogens is 2. The minimum Gasteiger partial charge on any atom is -0.347 e. The van der Waals surface area contributed by atoms with E-state index in [1.54, 1.807) is 6.20 Å². The zero-order valence-corrected chi connectivity index (χ0v) is 6.09. The van der Waals surface area contributed by atoms with Crippen molar-refractivity contribution >= 4 is 0 Å². The fourth-order valence-electron chi connectivity index (χ4n) is 0.787. The van der Waals surface area contributed by atoms with Crippen molar-refractivity contribution in [3.05, 3.63) is 17.7 Å². The predicted molar refractivity (Wildman–Crippen MR) is 43.7 cm³/mol. The molecule has 0 aliphatic rings. The van der Waals surface area contributed by atoms with Crippen molar-refractivity contribution < 1.29 is 0 Å². The first-order chi connectivity index (χ1) is 5.36. The van der Waals surface area contributed by atoms with E-state index in [1.165, 1.54) is 0 Å². The smallest absolute Gasteiger partial charge is 0.118 e. The van der Waals surface area contributed by atoms with E-state index in [-0.39, 0.29) is 0 Å². The van der Waals surface area contributed by atoms with Crippen LogP contribution in [0.5, 0.6) is 0 Å². The van der Waals surface area contributed by atoms with E-state index in [0.29, 0.717) is 12.8 Å². The van der Waals surface area contributed by atoms with Crippen molar-refractivity contribution in [3.8, 4) is 24.7 Å². The number of imidazole rings is 1. The number of aromatic amines is 1. The van der Waals surface area contributed by atoms with Gasteiger partial charge in [-0.3, -0.25) is 0 Å². The SMILES string of the molecule is C#CCc1c[nH]c(CC#C)n1. The summed E-state index contributed by atoms with van der Waals surface area (Å²) < 4.78 is 0. The summed E-state index contributed by atoms with van der Waals surface area (Å²) in [6.07, 6.45) is 13.1. The molecule has 0 fully saturated rings. The third-order valence-electron chi connectivity index (χ3n) is 1.24. The van der Waals surface area contributed by atoms with Gasteiger partial charge in [-0.25, -0.2) is 4.98 Å². The monoisotopic (exact) mass is 144 g/mol. The number of nitrogens with zero attached hydrogens (tertiary/aromatic N) is 1. The lowest BCUT2D eigenvalue weighted by molar-refractivity contribution is 1.05. The lowest BCUT2D eigenvalue weighted by Crippen LogP contribution is -1.85. The first-order valence-corrected chi connectivity index (χ1v) is 3.27. The largest absolute Gasteiger partial charge is 0.347 e. The Morgan fingerprint density at radius 3 is 2.73 bits per heavy atom. The van der Waals surface area contributed by atoms with Crippen LogP contribution in [0.1, 0.15) is 11.5 Å². The van der Waals surface area contributed by atoms with Gasteiger partial charge in [0, 0.05) is 6.20 Å². The van der Waals surface area contributed by atoms with Gasteiger partial charge in [0.15, 0.2) is 0 Å². The average Bonchev–Trinajstić information content (AvgIpc) is 2.38. The van der Waals surface area contributed by atoms with E-state index >= 15 is 0 Å². The summed E-state index contributed by atoms with van der Waals surface area (Å²) in [6, 6.07) is 0. The molecule has 2 heteroatoms. The first kappa shape index (κ1) is 7.44. The number of hydrogen-bond acceptors (Lipinski definition) is 1. The van der Waals surface area contributed by atoms with Crippen molar-refractivity contribution in [1.29, 1.82) is 0 Å². The second-order valence-corrected chi connectivity index (χ2v) is 2.10. The van der Waals surface area contributed by atoms with Crippen LogP contribution in [0.4, 0.5) is 0 Å². The van der Waals surface area contributed by atoms with Crippen molar-refractivity contribution in [1.82, 2.24) is 9.97 Å². The fourth-order valence-corrected chi connectivity index (χ4v) is 0.787. The Morgan fingerprint density at radius 2 is 2.09 bits per heavy atom. The van der Waals surface area contributed by atoms with E-state index in [1.807, 2.05) is 0 Å². The second-order valence-electron chi connectivity index (χ2n) is 2.10. The molecule has 0 radical (unpaired) electrons. The van der Waals surface area contributed by atoms with Crippen LogP contribution in [0.15, 0.2) is 6.20 Å². The van der Waals surface area contributed by atoms with Crippen molar-refractivity contribution in [2.45, 2.75) is 12.8 Å². The maximum atomic E-state index is 5.10. The van der Waals surface area contributed by atoms with Gasteiger partial charge in [0.25, 0.3) is 0 Å². The zero-order chi connectivity index (χ0) is 8.10. The third kappa shape index (κ3) is 1.88. The Balaban J connectivity index is 2.69. The Bertz CT molecular complexity index is 279. The van der Waals surface area contributed by atoms with Crippen LogP contribution in [0.2, 0.25) is 0 Å². The number of hydrogen-bond donors (Lipinski definition) is 1. The highest BCUT2D eigenvalue weighted by molar-refractivity contribution is 5.11. The molecule has 1 aromatic rings. The molecule has 54 valence electrons. The number of H-pyrrole nitrogens is 1. The van der Waals surface area contributed by atoms with Gasteiger partial charge >= 0.3 is 0 Å². The zero-order valence-electron chi connectivity index (χ0n) is 6.09. The number of nitrogens with one attached hydrogen (secondary N) is 1. The molecule has 0 atom stereocenters. The van der Waals surface area contributed by atoms with Crippen LogP contribution in [-0.2, 0) is 12.8 Å². The fraction of sp³-hybridized carbons (Fsp3) is 0.222. The first-order valence-electron chi connectivity index (χ1n) is 3.27. The minimum atomic E-state index is 0.532. The molecule has 0 saturated carbocycles. The molecule has 0 aromatic carbocycles. The van der Waals surface area contributed by atoms with E-state index in [4.69, 9.17) is 12.8 Å². The highest BCUT2D eigenvalue weighted by atomic mass is 14.9. The van der Waals surface area contributed by atoms with Crippen LogP contribution >= 0.6 is 0 Å². The summed E-state index contributed by atoms with van der Waals surface area (Å²) in [5.74, 6) is 5.80. The summed E-state index contributed by atoms with van der Waals surface area (Å²) >= 11 is 0. The van der Waals surface area contributed by atoms with E-state index in [2.05, 4.69) is 21.8 Å². The molecule has 0 amide bonds. The van der Waals surface area contributed by atoms with Crippen LogP contribution in [-0.4, -0.2) is 9.97 Å². The molecular formula is C9H8N2. The van der Waals surface area contributed by atoms with Gasteiger partial charge < -0.3 is 4.98 Å². The topological polar surface area (TPSA) is 28.7 Å². The van der Waals surface area contributed by atoms with Gasteiger partial charge in [-0.1, -0.05) is 5.92 Å². The lowest BCUT2D eigenvalue weighted by Gasteiger charge is -1.83. The molecule has 0 unspecified atom stereocenters. The normalized spacial score (nSPS) is 8.55. The van der Waals surface area contributed by atoms with E-state index < -0.39 is 0 Å². The third-order valence-corrected chi connectivity index (χ3v) is 1.24. The molecule has 11 heavy (non-hydrogen) atoms.